The highest BCUT2D eigenvalue weighted by atomic mass is 16.4. The highest BCUT2D eigenvalue weighted by Gasteiger charge is 2.44. The van der Waals surface area contributed by atoms with Gasteiger partial charge in [0.25, 0.3) is 0 Å². The summed E-state index contributed by atoms with van der Waals surface area (Å²) in [5, 5.41) is 12.0. The van der Waals surface area contributed by atoms with Crippen molar-refractivity contribution in [2.45, 2.75) is 32.1 Å². The van der Waals surface area contributed by atoms with Crippen LogP contribution in [0.25, 0.3) is 0 Å². The van der Waals surface area contributed by atoms with E-state index in [-0.39, 0.29) is 17.7 Å². The first-order valence-electron chi connectivity index (χ1n) is 8.16. The van der Waals surface area contributed by atoms with Crippen LogP contribution in [0.4, 0.5) is 5.69 Å². The molecule has 1 aliphatic carbocycles. The number of carboxylic acid groups (broad SMARTS) is 1. The van der Waals surface area contributed by atoms with Crippen LogP contribution in [-0.2, 0) is 9.59 Å². The molecular formula is C20H21NO3. The van der Waals surface area contributed by atoms with E-state index in [1.54, 1.807) is 31.2 Å². The Labute approximate surface area is 141 Å². The van der Waals surface area contributed by atoms with E-state index in [2.05, 4.69) is 24.4 Å². The van der Waals surface area contributed by atoms with Crippen molar-refractivity contribution < 1.29 is 14.7 Å². The number of hydrogen-bond donors (Lipinski definition) is 2. The molecule has 0 bridgehead atoms. The van der Waals surface area contributed by atoms with Crippen LogP contribution in [0.15, 0.2) is 48.5 Å². The second-order valence-electron chi connectivity index (χ2n) is 6.48. The first kappa shape index (κ1) is 16.2. The van der Waals surface area contributed by atoms with Gasteiger partial charge in [-0.15, -0.1) is 0 Å². The monoisotopic (exact) mass is 323 g/mol. The van der Waals surface area contributed by atoms with Gasteiger partial charge in [-0.2, -0.15) is 0 Å². The number of anilines is 1. The molecule has 0 saturated heterocycles. The zero-order valence-corrected chi connectivity index (χ0v) is 13.8. The van der Waals surface area contributed by atoms with E-state index < -0.39 is 11.9 Å². The number of aliphatic carboxylic acids is 1. The lowest BCUT2D eigenvalue weighted by Gasteiger charge is -2.10. The van der Waals surface area contributed by atoms with Crippen LogP contribution >= 0.6 is 0 Å². The van der Waals surface area contributed by atoms with Gasteiger partial charge in [-0.1, -0.05) is 36.4 Å². The molecule has 0 aliphatic heterocycles. The summed E-state index contributed by atoms with van der Waals surface area (Å²) >= 11 is 0. The summed E-state index contributed by atoms with van der Waals surface area (Å²) in [6.07, 6.45) is 0.863. The summed E-state index contributed by atoms with van der Waals surface area (Å²) in [6.45, 7) is 3.71. The first-order chi connectivity index (χ1) is 11.5. The van der Waals surface area contributed by atoms with E-state index in [0.717, 1.165) is 6.42 Å². The number of nitrogens with one attached hydrogen (secondary N) is 1. The van der Waals surface area contributed by atoms with E-state index in [1.807, 2.05) is 12.1 Å². The molecule has 2 aromatic carbocycles. The molecule has 4 nitrogen and oxygen atoms in total. The molecule has 0 heterocycles. The second-order valence-corrected chi connectivity index (χ2v) is 6.48. The van der Waals surface area contributed by atoms with Crippen LogP contribution in [0.5, 0.6) is 0 Å². The van der Waals surface area contributed by atoms with E-state index >= 15 is 0 Å². The standard InChI is InChI=1S/C20H21NO3/c1-12-6-3-4-9-16(12)17-11-18(17)19(22)21-15-8-5-7-14(10-15)13(2)20(23)24/h3-10,13,17-18H,11H2,1-2H3,(H,21,22)(H,23,24). The number of carbonyl (C=O) groups excluding carboxylic acids is 1. The molecule has 1 aliphatic rings. The molecule has 3 atom stereocenters. The molecule has 1 fully saturated rings. The van der Waals surface area contributed by atoms with E-state index in [4.69, 9.17) is 5.11 Å². The van der Waals surface area contributed by atoms with Gasteiger partial charge in [0.1, 0.15) is 0 Å². The van der Waals surface area contributed by atoms with Crippen LogP contribution in [0, 0.1) is 12.8 Å². The quantitative estimate of drug-likeness (QED) is 0.876. The zero-order valence-electron chi connectivity index (χ0n) is 13.8. The Morgan fingerprint density at radius 3 is 2.62 bits per heavy atom. The van der Waals surface area contributed by atoms with Crippen LogP contribution in [0.3, 0.4) is 0 Å². The summed E-state index contributed by atoms with van der Waals surface area (Å²) in [5.41, 5.74) is 3.80. The summed E-state index contributed by atoms with van der Waals surface area (Å²) < 4.78 is 0. The predicted octanol–water partition coefficient (Wildman–Crippen LogP) is 3.93. The molecular weight excluding hydrogens is 302 g/mol. The van der Waals surface area contributed by atoms with Gasteiger partial charge in [0.05, 0.1) is 5.92 Å². The highest BCUT2D eigenvalue weighted by molar-refractivity contribution is 5.95. The Morgan fingerprint density at radius 2 is 1.92 bits per heavy atom. The smallest absolute Gasteiger partial charge is 0.310 e. The second kappa shape index (κ2) is 6.48. The number of amides is 1. The van der Waals surface area contributed by atoms with Gasteiger partial charge in [0.15, 0.2) is 0 Å². The summed E-state index contributed by atoms with van der Waals surface area (Å²) in [6, 6.07) is 15.2. The van der Waals surface area contributed by atoms with E-state index in [9.17, 15) is 9.59 Å². The maximum Gasteiger partial charge on any atom is 0.310 e. The Balaban J connectivity index is 1.67. The third kappa shape index (κ3) is 3.32. The van der Waals surface area contributed by atoms with Crippen molar-refractivity contribution in [3.8, 4) is 0 Å². The van der Waals surface area contributed by atoms with Gasteiger partial charge in [-0.3, -0.25) is 9.59 Å². The van der Waals surface area contributed by atoms with Crippen LogP contribution in [-0.4, -0.2) is 17.0 Å². The van der Waals surface area contributed by atoms with Gasteiger partial charge < -0.3 is 10.4 Å². The topological polar surface area (TPSA) is 66.4 Å². The molecule has 2 aromatic rings. The van der Waals surface area contributed by atoms with Crippen molar-refractivity contribution >= 4 is 17.6 Å². The van der Waals surface area contributed by atoms with Crippen LogP contribution < -0.4 is 5.32 Å². The van der Waals surface area contributed by atoms with Crippen molar-refractivity contribution in [3.05, 3.63) is 65.2 Å². The molecule has 4 heteroatoms. The third-order valence-corrected chi connectivity index (χ3v) is 4.74. The Morgan fingerprint density at radius 1 is 1.17 bits per heavy atom. The van der Waals surface area contributed by atoms with Crippen molar-refractivity contribution in [2.75, 3.05) is 5.32 Å². The number of hydrogen-bond acceptors (Lipinski definition) is 2. The third-order valence-electron chi connectivity index (χ3n) is 4.74. The van der Waals surface area contributed by atoms with Gasteiger partial charge >= 0.3 is 5.97 Å². The summed E-state index contributed by atoms with van der Waals surface area (Å²) in [4.78, 5) is 23.6. The molecule has 24 heavy (non-hydrogen) atoms. The van der Waals surface area contributed by atoms with Crippen molar-refractivity contribution in [2.24, 2.45) is 5.92 Å². The maximum atomic E-state index is 12.5. The van der Waals surface area contributed by atoms with Crippen LogP contribution in [0.1, 0.15) is 41.9 Å². The molecule has 1 amide bonds. The molecule has 2 N–H and O–H groups in total. The minimum Gasteiger partial charge on any atom is -0.481 e. The predicted molar refractivity (Wildman–Crippen MR) is 93.1 cm³/mol. The number of carbonyl (C=O) groups is 2. The highest BCUT2D eigenvalue weighted by Crippen LogP contribution is 2.48. The lowest BCUT2D eigenvalue weighted by molar-refractivity contribution is -0.138. The molecule has 0 aromatic heterocycles. The average molecular weight is 323 g/mol. The molecule has 3 unspecified atom stereocenters. The Hall–Kier alpha value is -2.62. The van der Waals surface area contributed by atoms with Crippen molar-refractivity contribution in [3.63, 3.8) is 0 Å². The normalized spacial score (nSPS) is 20.2. The molecule has 3 rings (SSSR count). The number of benzene rings is 2. The average Bonchev–Trinajstić information content (AvgIpc) is 3.35. The first-order valence-corrected chi connectivity index (χ1v) is 8.16. The lowest BCUT2D eigenvalue weighted by atomic mass is 10.0. The van der Waals surface area contributed by atoms with Gasteiger partial charge in [0, 0.05) is 11.6 Å². The van der Waals surface area contributed by atoms with E-state index in [1.165, 1.54) is 11.1 Å². The van der Waals surface area contributed by atoms with Gasteiger partial charge in [-0.05, 0) is 55.0 Å². The number of aryl methyl sites for hydroxylation is 1. The van der Waals surface area contributed by atoms with Gasteiger partial charge in [0.2, 0.25) is 5.91 Å². The van der Waals surface area contributed by atoms with Crippen molar-refractivity contribution in [1.29, 1.82) is 0 Å². The lowest BCUT2D eigenvalue weighted by Crippen LogP contribution is -2.15. The minimum atomic E-state index is -0.875. The van der Waals surface area contributed by atoms with E-state index in [0.29, 0.717) is 11.3 Å². The van der Waals surface area contributed by atoms with Crippen LogP contribution in [0.2, 0.25) is 0 Å². The molecule has 1 saturated carbocycles. The Kier molecular flexibility index (Phi) is 4.38. The number of carboxylic acids is 1. The Bertz CT molecular complexity index is 784. The SMILES string of the molecule is Cc1ccccc1C1CC1C(=O)Nc1cccc(C(C)C(=O)O)c1. The fourth-order valence-corrected chi connectivity index (χ4v) is 3.09. The largest absolute Gasteiger partial charge is 0.481 e. The number of rotatable bonds is 5. The summed E-state index contributed by atoms with van der Waals surface area (Å²) in [7, 11) is 0. The molecule has 124 valence electrons. The van der Waals surface area contributed by atoms with Gasteiger partial charge in [-0.25, -0.2) is 0 Å². The minimum absolute atomic E-state index is 0.00313. The fourth-order valence-electron chi connectivity index (χ4n) is 3.09. The molecule has 0 radical (unpaired) electrons. The maximum absolute atomic E-state index is 12.5. The zero-order chi connectivity index (χ0) is 17.3. The van der Waals surface area contributed by atoms with Crippen molar-refractivity contribution in [1.82, 2.24) is 0 Å². The summed E-state index contributed by atoms with van der Waals surface area (Å²) in [5.74, 6) is -1.19. The molecule has 0 spiro atoms. The fraction of sp³-hybridized carbons (Fsp3) is 0.300.